The molecule has 0 aliphatic carbocycles. The fourth-order valence-electron chi connectivity index (χ4n) is 1.65. The van der Waals surface area contributed by atoms with E-state index in [1.54, 1.807) is 0 Å². The summed E-state index contributed by atoms with van der Waals surface area (Å²) in [6, 6.07) is 0. The highest BCUT2D eigenvalue weighted by atomic mass is 16.5. The standard InChI is InChI=1S/C14H29NO2/c1-13(2)14(16)17-12-10-8-6-4-3-5-7-9-11-15/h13H,3-12,15H2,1-2H3. The Morgan fingerprint density at radius 3 is 1.88 bits per heavy atom. The molecule has 0 aromatic rings. The van der Waals surface area contributed by atoms with Crippen LogP contribution in [0.15, 0.2) is 0 Å². The molecule has 0 fully saturated rings. The van der Waals surface area contributed by atoms with Gasteiger partial charge in [-0.05, 0) is 19.4 Å². The van der Waals surface area contributed by atoms with Gasteiger partial charge < -0.3 is 10.5 Å². The number of unbranched alkanes of at least 4 members (excludes halogenated alkanes) is 7. The second kappa shape index (κ2) is 11.9. The average molecular weight is 243 g/mol. The first-order valence-corrected chi connectivity index (χ1v) is 7.05. The summed E-state index contributed by atoms with van der Waals surface area (Å²) < 4.78 is 5.11. The third kappa shape index (κ3) is 11.7. The van der Waals surface area contributed by atoms with Crippen molar-refractivity contribution in [3.05, 3.63) is 0 Å². The molecule has 17 heavy (non-hydrogen) atoms. The van der Waals surface area contributed by atoms with E-state index in [1.807, 2.05) is 13.8 Å². The molecule has 3 nitrogen and oxygen atoms in total. The van der Waals surface area contributed by atoms with Crippen molar-refractivity contribution in [2.45, 2.75) is 65.2 Å². The molecule has 0 aromatic heterocycles. The summed E-state index contributed by atoms with van der Waals surface area (Å²) in [6.07, 6.45) is 9.76. The number of carbonyl (C=O) groups is 1. The van der Waals surface area contributed by atoms with Crippen molar-refractivity contribution in [2.75, 3.05) is 13.2 Å². The molecule has 0 spiro atoms. The lowest BCUT2D eigenvalue weighted by Crippen LogP contribution is -2.12. The lowest BCUT2D eigenvalue weighted by Gasteiger charge is -2.06. The number of carbonyl (C=O) groups excluding carboxylic acids is 1. The monoisotopic (exact) mass is 243 g/mol. The number of hydrogen-bond donors (Lipinski definition) is 1. The van der Waals surface area contributed by atoms with Crippen LogP contribution in [0.5, 0.6) is 0 Å². The molecule has 0 aromatic carbocycles. The Morgan fingerprint density at radius 2 is 1.41 bits per heavy atom. The minimum Gasteiger partial charge on any atom is -0.465 e. The third-order valence-corrected chi connectivity index (χ3v) is 2.81. The van der Waals surface area contributed by atoms with E-state index in [1.165, 1.54) is 38.5 Å². The van der Waals surface area contributed by atoms with Crippen LogP contribution in [0.2, 0.25) is 0 Å². The van der Waals surface area contributed by atoms with E-state index in [0.29, 0.717) is 6.61 Å². The Labute approximate surface area is 106 Å². The zero-order chi connectivity index (χ0) is 12.9. The fourth-order valence-corrected chi connectivity index (χ4v) is 1.65. The average Bonchev–Trinajstić information content (AvgIpc) is 2.31. The second-order valence-electron chi connectivity index (χ2n) is 4.94. The van der Waals surface area contributed by atoms with Gasteiger partial charge in [-0.15, -0.1) is 0 Å². The minimum atomic E-state index is -0.0771. The molecule has 0 rings (SSSR count). The number of rotatable bonds is 11. The summed E-state index contributed by atoms with van der Waals surface area (Å²) in [5, 5.41) is 0. The van der Waals surface area contributed by atoms with Gasteiger partial charge in [-0.25, -0.2) is 0 Å². The molecule has 0 aliphatic rings. The maximum atomic E-state index is 11.1. The number of hydrogen-bond acceptors (Lipinski definition) is 3. The molecule has 0 radical (unpaired) electrons. The lowest BCUT2D eigenvalue weighted by atomic mass is 10.1. The van der Waals surface area contributed by atoms with Crippen LogP contribution in [0.1, 0.15) is 65.2 Å². The molecule has 0 aliphatic heterocycles. The summed E-state index contributed by atoms with van der Waals surface area (Å²) in [7, 11) is 0. The van der Waals surface area contributed by atoms with E-state index in [4.69, 9.17) is 10.5 Å². The Balaban J connectivity index is 3.06. The Bertz CT molecular complexity index is 181. The van der Waals surface area contributed by atoms with Crippen molar-refractivity contribution in [3.8, 4) is 0 Å². The molecule has 3 heteroatoms. The molecule has 102 valence electrons. The van der Waals surface area contributed by atoms with Gasteiger partial charge in [-0.2, -0.15) is 0 Å². The molecule has 2 N–H and O–H groups in total. The highest BCUT2D eigenvalue weighted by Gasteiger charge is 2.06. The SMILES string of the molecule is CC(C)C(=O)OCCCCCCCCCCN. The first kappa shape index (κ1) is 16.4. The van der Waals surface area contributed by atoms with Gasteiger partial charge >= 0.3 is 5.97 Å². The minimum absolute atomic E-state index is 0.00227. The van der Waals surface area contributed by atoms with Crippen LogP contribution >= 0.6 is 0 Å². The van der Waals surface area contributed by atoms with E-state index in [2.05, 4.69) is 0 Å². The van der Waals surface area contributed by atoms with Gasteiger partial charge in [-0.3, -0.25) is 4.79 Å². The van der Waals surface area contributed by atoms with Crippen molar-refractivity contribution < 1.29 is 9.53 Å². The van der Waals surface area contributed by atoms with E-state index in [0.717, 1.165) is 19.4 Å². The molecule has 0 saturated heterocycles. The highest BCUT2D eigenvalue weighted by Crippen LogP contribution is 2.08. The second-order valence-corrected chi connectivity index (χ2v) is 4.94. The summed E-state index contributed by atoms with van der Waals surface area (Å²) in [6.45, 7) is 5.14. The molecule has 0 amide bonds. The van der Waals surface area contributed by atoms with E-state index in [9.17, 15) is 4.79 Å². The molecule has 0 atom stereocenters. The maximum Gasteiger partial charge on any atom is 0.308 e. The molecule has 0 bridgehead atoms. The molecular formula is C14H29NO2. The quantitative estimate of drug-likeness (QED) is 0.447. The summed E-state index contributed by atoms with van der Waals surface area (Å²) in [5.74, 6) is -0.0793. The van der Waals surface area contributed by atoms with Gasteiger partial charge in [0.25, 0.3) is 0 Å². The predicted octanol–water partition coefficient (Wildman–Crippen LogP) is 3.27. The van der Waals surface area contributed by atoms with Crippen LogP contribution in [-0.4, -0.2) is 19.1 Å². The van der Waals surface area contributed by atoms with Gasteiger partial charge in [0.15, 0.2) is 0 Å². The van der Waals surface area contributed by atoms with E-state index < -0.39 is 0 Å². The normalized spacial score (nSPS) is 10.8. The zero-order valence-electron chi connectivity index (χ0n) is 11.5. The predicted molar refractivity (Wildman–Crippen MR) is 71.8 cm³/mol. The Morgan fingerprint density at radius 1 is 0.941 bits per heavy atom. The topological polar surface area (TPSA) is 52.3 Å². The smallest absolute Gasteiger partial charge is 0.308 e. The van der Waals surface area contributed by atoms with Crippen molar-refractivity contribution in [1.82, 2.24) is 0 Å². The summed E-state index contributed by atoms with van der Waals surface area (Å²) >= 11 is 0. The Hall–Kier alpha value is -0.570. The summed E-state index contributed by atoms with van der Waals surface area (Å²) in [5.41, 5.74) is 5.43. The van der Waals surface area contributed by atoms with E-state index >= 15 is 0 Å². The van der Waals surface area contributed by atoms with Crippen molar-refractivity contribution in [3.63, 3.8) is 0 Å². The van der Waals surface area contributed by atoms with Gasteiger partial charge in [0.1, 0.15) is 0 Å². The first-order chi connectivity index (χ1) is 8.18. The van der Waals surface area contributed by atoms with Gasteiger partial charge in [-0.1, -0.05) is 52.4 Å². The summed E-state index contributed by atoms with van der Waals surface area (Å²) in [4.78, 5) is 11.1. The van der Waals surface area contributed by atoms with Gasteiger partial charge in [0.05, 0.1) is 12.5 Å². The number of esters is 1. The first-order valence-electron chi connectivity index (χ1n) is 7.05. The van der Waals surface area contributed by atoms with E-state index in [-0.39, 0.29) is 11.9 Å². The van der Waals surface area contributed by atoms with Crippen LogP contribution in [0.25, 0.3) is 0 Å². The molecular weight excluding hydrogens is 214 g/mol. The highest BCUT2D eigenvalue weighted by molar-refractivity contribution is 5.71. The van der Waals surface area contributed by atoms with Crippen molar-refractivity contribution >= 4 is 5.97 Å². The van der Waals surface area contributed by atoms with Crippen molar-refractivity contribution in [2.24, 2.45) is 11.7 Å². The number of nitrogens with two attached hydrogens (primary N) is 1. The lowest BCUT2D eigenvalue weighted by molar-refractivity contribution is -0.147. The van der Waals surface area contributed by atoms with Crippen LogP contribution in [0.4, 0.5) is 0 Å². The van der Waals surface area contributed by atoms with Crippen LogP contribution in [0.3, 0.4) is 0 Å². The largest absolute Gasteiger partial charge is 0.465 e. The third-order valence-electron chi connectivity index (χ3n) is 2.81. The van der Waals surface area contributed by atoms with Crippen molar-refractivity contribution in [1.29, 1.82) is 0 Å². The Kier molecular flexibility index (Phi) is 11.5. The number of ether oxygens (including phenoxy) is 1. The molecule has 0 heterocycles. The molecule has 0 unspecified atom stereocenters. The van der Waals surface area contributed by atoms with Gasteiger partial charge in [0, 0.05) is 0 Å². The molecule has 0 saturated carbocycles. The van der Waals surface area contributed by atoms with Crippen LogP contribution in [0, 0.1) is 5.92 Å². The zero-order valence-corrected chi connectivity index (χ0v) is 11.5. The van der Waals surface area contributed by atoms with Gasteiger partial charge in [0.2, 0.25) is 0 Å². The van der Waals surface area contributed by atoms with Crippen LogP contribution in [-0.2, 0) is 9.53 Å². The van der Waals surface area contributed by atoms with Crippen LogP contribution < -0.4 is 5.73 Å². The maximum absolute atomic E-state index is 11.1. The fraction of sp³-hybridized carbons (Fsp3) is 0.929.